The number of carbonyl (C=O) groups excluding carboxylic acids is 1. The third-order valence-electron chi connectivity index (χ3n) is 7.34. The van der Waals surface area contributed by atoms with Crippen molar-refractivity contribution in [1.82, 2.24) is 34.1 Å². The molecule has 0 spiro atoms. The van der Waals surface area contributed by atoms with E-state index in [1.54, 1.807) is 23.7 Å². The molecule has 10 nitrogen and oxygen atoms in total. The summed E-state index contributed by atoms with van der Waals surface area (Å²) in [5.41, 5.74) is 1.26. The fraction of sp³-hybridized carbons (Fsp3) is 0.367. The van der Waals surface area contributed by atoms with Crippen LogP contribution in [0.2, 0.25) is 0 Å². The molecule has 0 bridgehead atoms. The van der Waals surface area contributed by atoms with E-state index in [2.05, 4.69) is 26.0 Å². The Kier molecular flexibility index (Phi) is 8.67. The fourth-order valence-corrected chi connectivity index (χ4v) is 5.56. The molecule has 0 aliphatic carbocycles. The number of rotatable bonds is 7. The molecule has 0 N–H and O–H groups in total. The molecule has 1 aliphatic heterocycles. The van der Waals surface area contributed by atoms with Crippen LogP contribution in [0, 0.1) is 13.8 Å². The first-order chi connectivity index (χ1) is 20.7. The summed E-state index contributed by atoms with van der Waals surface area (Å²) in [6.45, 7) is 6.50. The number of carbonyl (C=O) groups is 1. The van der Waals surface area contributed by atoms with Gasteiger partial charge in [0.2, 0.25) is 11.8 Å². The second-order valence-electron chi connectivity index (χ2n) is 11.0. The van der Waals surface area contributed by atoms with Gasteiger partial charge >= 0.3 is 6.18 Å². The Morgan fingerprint density at radius 2 is 1.91 bits per heavy atom. The first-order valence-corrected chi connectivity index (χ1v) is 14.6. The number of alkyl halides is 3. The second-order valence-corrected chi connectivity index (χ2v) is 11.9. The van der Waals surface area contributed by atoms with Crippen molar-refractivity contribution in [3.8, 4) is 17.5 Å². The zero-order valence-corrected chi connectivity index (χ0v) is 26.4. The van der Waals surface area contributed by atoms with Gasteiger partial charge in [0.1, 0.15) is 6.61 Å². The Morgan fingerprint density at radius 3 is 2.52 bits per heavy atom. The number of nitrogens with zero attached hydrogens (tertiary/aromatic N) is 7. The van der Waals surface area contributed by atoms with Gasteiger partial charge in [-0.3, -0.25) is 9.59 Å². The van der Waals surface area contributed by atoms with Crippen LogP contribution in [0.15, 0.2) is 51.9 Å². The van der Waals surface area contributed by atoms with E-state index in [0.717, 1.165) is 11.8 Å². The molecule has 1 amide bonds. The van der Waals surface area contributed by atoms with Crippen molar-refractivity contribution >= 4 is 21.8 Å². The highest BCUT2D eigenvalue weighted by atomic mass is 79.9. The van der Waals surface area contributed by atoms with Gasteiger partial charge in [0.05, 0.1) is 35.4 Å². The van der Waals surface area contributed by atoms with Gasteiger partial charge in [-0.05, 0) is 71.6 Å². The largest absolute Gasteiger partial charge is 0.476 e. The van der Waals surface area contributed by atoms with E-state index in [-0.39, 0.29) is 34.5 Å². The summed E-state index contributed by atoms with van der Waals surface area (Å²) >= 11 is 2.92. The molecule has 44 heavy (non-hydrogen) atoms. The van der Waals surface area contributed by atoms with Gasteiger partial charge in [-0.2, -0.15) is 18.3 Å². The molecule has 1 aliphatic rings. The summed E-state index contributed by atoms with van der Waals surface area (Å²) in [6.07, 6.45) is -2.95. The van der Waals surface area contributed by atoms with E-state index in [1.165, 1.54) is 27.8 Å². The van der Waals surface area contributed by atoms with Crippen LogP contribution in [-0.4, -0.2) is 73.3 Å². The number of amides is 1. The minimum atomic E-state index is -4.64. The number of pyridine rings is 1. The number of aromatic nitrogens is 5. The first-order valence-electron chi connectivity index (χ1n) is 13.8. The number of halogens is 4. The zero-order chi connectivity index (χ0) is 31.9. The minimum Gasteiger partial charge on any atom is -0.476 e. The maximum absolute atomic E-state index is 14.1. The Bertz CT molecular complexity index is 1770. The highest BCUT2D eigenvalue weighted by Gasteiger charge is 2.36. The van der Waals surface area contributed by atoms with E-state index in [4.69, 9.17) is 9.72 Å². The fourth-order valence-electron chi connectivity index (χ4n) is 5.09. The summed E-state index contributed by atoms with van der Waals surface area (Å²) in [4.78, 5) is 40.3. The monoisotopic (exact) mass is 673 g/mol. The minimum absolute atomic E-state index is 0.0635. The Hall–Kier alpha value is -4.04. The van der Waals surface area contributed by atoms with E-state index in [1.807, 2.05) is 38.9 Å². The lowest BCUT2D eigenvalue weighted by atomic mass is 9.98. The number of fused-ring (bicyclic) bond motifs is 1. The SMILES string of the molecule is Cc1cc(C)n(-c2nc3c(c(=O)n2-c2ccc(OCCN(C)C)nc2)C[C@@H](C)N(C(=O)c2ccc(Br)c(C(F)(F)F)c2)C3)n1. The smallest absolute Gasteiger partial charge is 0.417 e. The van der Waals surface area contributed by atoms with Crippen LogP contribution in [0.25, 0.3) is 11.6 Å². The van der Waals surface area contributed by atoms with Crippen LogP contribution in [0.1, 0.15) is 45.5 Å². The predicted molar refractivity (Wildman–Crippen MR) is 160 cm³/mol. The van der Waals surface area contributed by atoms with E-state index in [0.29, 0.717) is 41.7 Å². The molecule has 0 saturated heterocycles. The zero-order valence-electron chi connectivity index (χ0n) is 24.8. The molecule has 0 radical (unpaired) electrons. The normalized spacial score (nSPS) is 15.0. The number of ether oxygens (including phenoxy) is 1. The lowest BCUT2D eigenvalue weighted by Gasteiger charge is -2.34. The Balaban J connectivity index is 1.56. The van der Waals surface area contributed by atoms with Crippen LogP contribution >= 0.6 is 15.9 Å². The molecule has 0 saturated carbocycles. The van der Waals surface area contributed by atoms with Crippen molar-refractivity contribution in [3.63, 3.8) is 0 Å². The molecule has 14 heteroatoms. The average Bonchev–Trinajstić information content (AvgIpc) is 3.30. The third kappa shape index (κ3) is 6.27. The van der Waals surface area contributed by atoms with Crippen LogP contribution < -0.4 is 10.3 Å². The average molecular weight is 675 g/mol. The van der Waals surface area contributed by atoms with Crippen LogP contribution in [0.5, 0.6) is 5.88 Å². The van der Waals surface area contributed by atoms with E-state index >= 15 is 0 Å². The van der Waals surface area contributed by atoms with Gasteiger partial charge in [-0.15, -0.1) is 0 Å². The molecule has 0 fully saturated rings. The first kappa shape index (κ1) is 31.4. The quantitative estimate of drug-likeness (QED) is 0.280. The van der Waals surface area contributed by atoms with Gasteiger partial charge in [0.15, 0.2) is 0 Å². The van der Waals surface area contributed by atoms with Crippen molar-refractivity contribution in [2.45, 2.75) is 46.0 Å². The van der Waals surface area contributed by atoms with Gasteiger partial charge in [0.25, 0.3) is 11.5 Å². The highest BCUT2D eigenvalue weighted by molar-refractivity contribution is 9.10. The maximum atomic E-state index is 14.1. The van der Waals surface area contributed by atoms with E-state index in [9.17, 15) is 22.8 Å². The summed E-state index contributed by atoms with van der Waals surface area (Å²) in [7, 11) is 3.88. The summed E-state index contributed by atoms with van der Waals surface area (Å²) in [5, 5.41) is 4.54. The summed E-state index contributed by atoms with van der Waals surface area (Å²) < 4.78 is 49.2. The maximum Gasteiger partial charge on any atom is 0.417 e. The van der Waals surface area contributed by atoms with Gasteiger partial charge in [-0.25, -0.2) is 19.2 Å². The summed E-state index contributed by atoms with van der Waals surface area (Å²) in [6, 6.07) is 8.15. The number of likely N-dealkylation sites (N-methyl/N-ethyl adjacent to an activating group) is 1. The predicted octanol–water partition coefficient (Wildman–Crippen LogP) is 4.74. The summed E-state index contributed by atoms with van der Waals surface area (Å²) in [5.74, 6) is 0.0212. The Labute approximate surface area is 260 Å². The van der Waals surface area contributed by atoms with Crippen molar-refractivity contribution in [2.75, 3.05) is 27.2 Å². The van der Waals surface area contributed by atoms with Crippen LogP contribution in [0.3, 0.4) is 0 Å². The van der Waals surface area contributed by atoms with E-state index < -0.39 is 23.7 Å². The molecule has 1 atom stereocenters. The molecule has 232 valence electrons. The van der Waals surface area contributed by atoms with Gasteiger partial charge < -0.3 is 14.5 Å². The van der Waals surface area contributed by atoms with Crippen LogP contribution in [-0.2, 0) is 19.1 Å². The standard InChI is InChI=1S/C30H31BrF3N7O3/c1-17-12-19(3)41(37-17)29-36-25-16-39(27(42)20-6-8-24(31)23(14-20)30(32,33)34)18(2)13-22(25)28(43)40(29)21-7-9-26(35-15-21)44-11-10-38(4)5/h6-9,12,14-15,18H,10-11,13,16H2,1-5H3/t18-/m1/s1. The highest BCUT2D eigenvalue weighted by Crippen LogP contribution is 2.36. The number of benzene rings is 1. The van der Waals surface area contributed by atoms with Crippen molar-refractivity contribution in [1.29, 1.82) is 0 Å². The molecular formula is C30H31BrF3N7O3. The molecule has 1 aromatic carbocycles. The second kappa shape index (κ2) is 12.2. The Morgan fingerprint density at radius 1 is 1.16 bits per heavy atom. The molecule has 5 rings (SSSR count). The van der Waals surface area contributed by atoms with Crippen LogP contribution in [0.4, 0.5) is 13.2 Å². The van der Waals surface area contributed by atoms with Gasteiger partial charge in [-0.1, -0.05) is 15.9 Å². The lowest BCUT2D eigenvalue weighted by Crippen LogP contribution is -2.46. The third-order valence-corrected chi connectivity index (χ3v) is 8.03. The molecule has 4 heterocycles. The van der Waals surface area contributed by atoms with Crippen molar-refractivity contribution in [2.24, 2.45) is 0 Å². The molecular weight excluding hydrogens is 643 g/mol. The molecule has 3 aromatic heterocycles. The number of hydrogen-bond donors (Lipinski definition) is 0. The number of aryl methyl sites for hydroxylation is 2. The lowest BCUT2D eigenvalue weighted by molar-refractivity contribution is -0.138. The molecule has 4 aromatic rings. The van der Waals surface area contributed by atoms with Crippen molar-refractivity contribution < 1.29 is 22.7 Å². The topological polar surface area (TPSA) is 98.4 Å². The van der Waals surface area contributed by atoms with Crippen molar-refractivity contribution in [3.05, 3.63) is 91.2 Å². The van der Waals surface area contributed by atoms with Gasteiger partial charge in [0, 0.05) is 39.9 Å². The number of hydrogen-bond acceptors (Lipinski definition) is 7. The molecule has 0 unspecified atom stereocenters.